The molecule has 1 aromatic carbocycles. The Labute approximate surface area is 192 Å². The third kappa shape index (κ3) is 5.07. The van der Waals surface area contributed by atoms with E-state index < -0.39 is 0 Å². The van der Waals surface area contributed by atoms with Gasteiger partial charge in [0.05, 0.1) is 12.6 Å². The van der Waals surface area contributed by atoms with Crippen molar-refractivity contribution in [2.45, 2.75) is 45.6 Å². The summed E-state index contributed by atoms with van der Waals surface area (Å²) in [4.78, 5) is 31.0. The number of carbonyl (C=O) groups is 2. The molecule has 1 atom stereocenters. The van der Waals surface area contributed by atoms with Crippen LogP contribution < -0.4 is 4.74 Å². The van der Waals surface area contributed by atoms with Crippen LogP contribution in [0.5, 0.6) is 5.75 Å². The molecule has 0 bridgehead atoms. The summed E-state index contributed by atoms with van der Waals surface area (Å²) in [6.07, 6.45) is 3.60. The van der Waals surface area contributed by atoms with Crippen LogP contribution >= 0.6 is 22.9 Å². The van der Waals surface area contributed by atoms with Crippen LogP contribution in [0.1, 0.15) is 48.2 Å². The second-order valence-corrected chi connectivity index (χ2v) is 9.82. The molecule has 1 fully saturated rings. The second-order valence-electron chi connectivity index (χ2n) is 8.41. The first-order valence-electron chi connectivity index (χ1n) is 11.0. The maximum atomic E-state index is 13.3. The van der Waals surface area contributed by atoms with Crippen LogP contribution in [0.2, 0.25) is 5.02 Å². The second kappa shape index (κ2) is 9.61. The average molecular weight is 461 g/mol. The first-order chi connectivity index (χ1) is 15.0. The highest BCUT2D eigenvalue weighted by Gasteiger charge is 2.37. The third-order valence-electron chi connectivity index (χ3n) is 6.01. The molecule has 166 valence electrons. The number of rotatable bonds is 8. The number of ether oxygens (including phenoxy) is 1. The number of nitrogens with zero attached hydrogens (tertiary/aromatic N) is 2. The summed E-state index contributed by atoms with van der Waals surface area (Å²) in [6, 6.07) is 7.55. The minimum Gasteiger partial charge on any atom is -0.491 e. The number of thiophene rings is 1. The Morgan fingerprint density at radius 1 is 1.29 bits per heavy atom. The van der Waals surface area contributed by atoms with Gasteiger partial charge in [0, 0.05) is 28.9 Å². The van der Waals surface area contributed by atoms with E-state index in [4.69, 9.17) is 16.3 Å². The molecule has 2 amide bonds. The van der Waals surface area contributed by atoms with E-state index in [0.717, 1.165) is 42.6 Å². The molecule has 0 N–H and O–H groups in total. The summed E-state index contributed by atoms with van der Waals surface area (Å²) in [5.41, 5.74) is 2.12. The number of carbonyl (C=O) groups excluding carboxylic acids is 2. The Bertz CT molecular complexity index is 956. The van der Waals surface area contributed by atoms with Crippen molar-refractivity contribution in [3.05, 3.63) is 50.7 Å². The smallest absolute Gasteiger partial charge is 0.242 e. The van der Waals surface area contributed by atoms with Crippen LogP contribution in [-0.2, 0) is 16.0 Å². The monoisotopic (exact) mass is 460 g/mol. The van der Waals surface area contributed by atoms with Gasteiger partial charge >= 0.3 is 0 Å². The lowest BCUT2D eigenvalue weighted by molar-refractivity contribution is -0.143. The predicted octanol–water partition coefficient (Wildman–Crippen LogP) is 4.86. The van der Waals surface area contributed by atoms with E-state index in [0.29, 0.717) is 24.7 Å². The topological polar surface area (TPSA) is 49.9 Å². The van der Waals surface area contributed by atoms with Gasteiger partial charge in [-0.05, 0) is 73.4 Å². The number of fused-ring (bicyclic) bond motifs is 1. The van der Waals surface area contributed by atoms with Crippen molar-refractivity contribution in [3.63, 3.8) is 0 Å². The highest BCUT2D eigenvalue weighted by molar-refractivity contribution is 7.10. The summed E-state index contributed by atoms with van der Waals surface area (Å²) in [5.74, 6) is 0.998. The van der Waals surface area contributed by atoms with E-state index in [-0.39, 0.29) is 30.3 Å². The van der Waals surface area contributed by atoms with Crippen LogP contribution in [0.15, 0.2) is 29.6 Å². The normalized spacial score (nSPS) is 17.9. The van der Waals surface area contributed by atoms with Crippen molar-refractivity contribution in [3.8, 4) is 5.75 Å². The van der Waals surface area contributed by atoms with Crippen molar-refractivity contribution in [1.29, 1.82) is 0 Å². The Hall–Kier alpha value is -2.05. The molecule has 1 aliphatic carbocycles. The molecule has 1 aromatic heterocycles. The van der Waals surface area contributed by atoms with Crippen LogP contribution in [0.4, 0.5) is 0 Å². The van der Waals surface area contributed by atoms with Gasteiger partial charge in [-0.2, -0.15) is 0 Å². The van der Waals surface area contributed by atoms with Gasteiger partial charge < -0.3 is 14.5 Å². The molecule has 0 spiro atoms. The predicted molar refractivity (Wildman–Crippen MR) is 124 cm³/mol. The van der Waals surface area contributed by atoms with E-state index in [1.807, 2.05) is 36.9 Å². The van der Waals surface area contributed by atoms with E-state index in [1.54, 1.807) is 16.2 Å². The third-order valence-corrected chi connectivity index (χ3v) is 7.43. The lowest BCUT2D eigenvalue weighted by Gasteiger charge is -2.37. The fourth-order valence-electron chi connectivity index (χ4n) is 4.14. The first kappa shape index (κ1) is 22.2. The van der Waals surface area contributed by atoms with Gasteiger partial charge in [0.15, 0.2) is 0 Å². The van der Waals surface area contributed by atoms with Crippen molar-refractivity contribution in [1.82, 2.24) is 9.80 Å². The zero-order valence-corrected chi connectivity index (χ0v) is 19.7. The Morgan fingerprint density at radius 3 is 2.81 bits per heavy atom. The van der Waals surface area contributed by atoms with Crippen molar-refractivity contribution in [2.75, 3.05) is 26.2 Å². The van der Waals surface area contributed by atoms with E-state index in [1.165, 1.54) is 4.88 Å². The molecule has 7 heteroatoms. The molecule has 31 heavy (non-hydrogen) atoms. The number of benzene rings is 1. The van der Waals surface area contributed by atoms with Gasteiger partial charge in [0.25, 0.3) is 0 Å². The van der Waals surface area contributed by atoms with Gasteiger partial charge in [-0.3, -0.25) is 9.59 Å². The number of amides is 2. The summed E-state index contributed by atoms with van der Waals surface area (Å²) < 4.78 is 6.11. The van der Waals surface area contributed by atoms with E-state index >= 15 is 0 Å². The minimum absolute atomic E-state index is 0.000173. The van der Waals surface area contributed by atoms with Crippen LogP contribution in [0.25, 0.3) is 0 Å². The fraction of sp³-hybridized carbons (Fsp3) is 0.500. The largest absolute Gasteiger partial charge is 0.491 e. The SMILES string of the molecule is CCCN(CC(=O)N1CCc2sccc2[C@H]1COc1ccc(Cl)c(C)c1)C(=O)C1CC1. The maximum absolute atomic E-state index is 13.3. The summed E-state index contributed by atoms with van der Waals surface area (Å²) >= 11 is 7.87. The molecule has 5 nitrogen and oxygen atoms in total. The lowest BCUT2D eigenvalue weighted by atomic mass is 10.0. The summed E-state index contributed by atoms with van der Waals surface area (Å²) in [6.45, 7) is 5.80. The molecule has 2 heterocycles. The van der Waals surface area contributed by atoms with Gasteiger partial charge in [-0.15, -0.1) is 11.3 Å². The van der Waals surface area contributed by atoms with Crippen LogP contribution in [-0.4, -0.2) is 47.9 Å². The van der Waals surface area contributed by atoms with Gasteiger partial charge in [-0.25, -0.2) is 0 Å². The molecular weight excluding hydrogens is 432 g/mol. The van der Waals surface area contributed by atoms with Crippen molar-refractivity contribution >= 4 is 34.8 Å². The summed E-state index contributed by atoms with van der Waals surface area (Å²) in [7, 11) is 0. The molecule has 4 rings (SSSR count). The zero-order valence-electron chi connectivity index (χ0n) is 18.1. The molecule has 0 unspecified atom stereocenters. The van der Waals surface area contributed by atoms with Gasteiger partial charge in [0.2, 0.25) is 11.8 Å². The van der Waals surface area contributed by atoms with Crippen LogP contribution in [0.3, 0.4) is 0 Å². The van der Waals surface area contributed by atoms with Crippen molar-refractivity contribution in [2.24, 2.45) is 5.92 Å². The molecule has 2 aromatic rings. The Balaban J connectivity index is 1.49. The molecule has 0 saturated heterocycles. The fourth-order valence-corrected chi connectivity index (χ4v) is 5.18. The minimum atomic E-state index is -0.155. The standard InChI is InChI=1S/C24H29ClN2O3S/c1-3-10-26(24(29)17-4-5-17)14-23(28)27-11-8-22-19(9-12-31-22)21(27)15-30-18-6-7-20(25)16(2)13-18/h6-7,9,12-13,17,21H,3-5,8,10-11,14-15H2,1-2H3/t21-/m1/s1. The highest BCUT2D eigenvalue weighted by Crippen LogP contribution is 2.35. The number of hydrogen-bond acceptors (Lipinski definition) is 4. The zero-order chi connectivity index (χ0) is 22.0. The van der Waals surface area contributed by atoms with E-state index in [9.17, 15) is 9.59 Å². The molecule has 2 aliphatic rings. The highest BCUT2D eigenvalue weighted by atomic mass is 35.5. The average Bonchev–Trinajstić information content (AvgIpc) is 3.50. The Kier molecular flexibility index (Phi) is 6.87. The first-order valence-corrected chi connectivity index (χ1v) is 12.3. The number of hydrogen-bond donors (Lipinski definition) is 0. The van der Waals surface area contributed by atoms with Gasteiger partial charge in [-0.1, -0.05) is 18.5 Å². The van der Waals surface area contributed by atoms with E-state index in [2.05, 4.69) is 11.4 Å². The molecule has 0 radical (unpaired) electrons. The number of aryl methyl sites for hydroxylation is 1. The lowest BCUT2D eigenvalue weighted by Crippen LogP contribution is -2.48. The number of halogens is 1. The quantitative estimate of drug-likeness (QED) is 0.565. The van der Waals surface area contributed by atoms with Crippen molar-refractivity contribution < 1.29 is 14.3 Å². The molecular formula is C24H29ClN2O3S. The van der Waals surface area contributed by atoms with Gasteiger partial charge in [0.1, 0.15) is 12.4 Å². The molecule has 1 aliphatic heterocycles. The van der Waals surface area contributed by atoms with Crippen LogP contribution in [0, 0.1) is 12.8 Å². The summed E-state index contributed by atoms with van der Waals surface area (Å²) in [5, 5.41) is 2.79. The maximum Gasteiger partial charge on any atom is 0.242 e. The Morgan fingerprint density at radius 2 is 2.10 bits per heavy atom. The molecule has 1 saturated carbocycles.